The Morgan fingerprint density at radius 1 is 0.938 bits per heavy atom. The Labute approximate surface area is 98.1 Å². The molecule has 1 aromatic rings. The molecule has 0 radical (unpaired) electrons. The molecule has 0 spiro atoms. The van der Waals surface area contributed by atoms with Crippen LogP contribution in [0.1, 0.15) is 10.4 Å². The zero-order chi connectivity index (χ0) is 12.6. The van der Waals surface area contributed by atoms with Crippen LogP contribution in [-0.4, -0.2) is 52.7 Å². The van der Waals surface area contributed by atoms with Crippen LogP contribution in [0.15, 0.2) is 24.3 Å². The molecule has 0 heterocycles. The van der Waals surface area contributed by atoms with E-state index in [1.807, 2.05) is 45.4 Å². The minimum absolute atomic E-state index is 0.142. The predicted molar refractivity (Wildman–Crippen MR) is 68.4 cm³/mol. The summed E-state index contributed by atoms with van der Waals surface area (Å²) in [6, 6.07) is 7.82. The van der Waals surface area contributed by atoms with Crippen molar-refractivity contribution in [3.05, 3.63) is 29.8 Å². The van der Waals surface area contributed by atoms with E-state index in [4.69, 9.17) is 0 Å². The molecule has 0 atom stereocenters. The zero-order valence-electron chi connectivity index (χ0n) is 11.1. The number of benzene rings is 1. The van der Waals surface area contributed by atoms with Gasteiger partial charge in [0.15, 0.2) is 0 Å². The largest absolute Gasteiger partial charge is 0.351 e. The van der Waals surface area contributed by atoms with Crippen LogP contribution in [0, 0.1) is 0 Å². The van der Waals surface area contributed by atoms with Crippen molar-refractivity contribution in [1.29, 1.82) is 0 Å². The Morgan fingerprint density at radius 3 is 1.88 bits per heavy atom. The molecule has 1 rings (SSSR count). The second-order valence-electron chi connectivity index (χ2n) is 5.85. The molecule has 0 saturated carbocycles. The van der Waals surface area contributed by atoms with Gasteiger partial charge in [-0.1, -0.05) is 12.1 Å². The van der Waals surface area contributed by atoms with Crippen LogP contribution in [0.25, 0.3) is 0 Å². The highest BCUT2D eigenvalue weighted by Gasteiger charge is 2.30. The molecule has 0 unspecified atom stereocenters. The Bertz CT molecular complexity index is 397. The maximum absolute atomic E-state index is 12.3. The number of nitrogens with zero attached hydrogens (tertiary/aromatic N) is 2. The third kappa shape index (κ3) is 2.68. The fourth-order valence-corrected chi connectivity index (χ4v) is 1.60. The number of rotatable bonds is 2. The highest BCUT2D eigenvalue weighted by atomic mass is 16.2. The van der Waals surface area contributed by atoms with E-state index >= 15 is 0 Å². The molecule has 1 aromatic carbocycles. The molecule has 0 aliphatic rings. The number of hydrogen-bond acceptors (Lipinski definition) is 1. The summed E-state index contributed by atoms with van der Waals surface area (Å²) in [4.78, 5) is 12.3. The smallest absolute Gasteiger partial charge is 0.298 e. The number of amides is 1. The van der Waals surface area contributed by atoms with Gasteiger partial charge in [0.25, 0.3) is 0 Å². The van der Waals surface area contributed by atoms with Gasteiger partial charge in [0, 0.05) is 6.07 Å². The van der Waals surface area contributed by atoms with Crippen molar-refractivity contribution in [3.63, 3.8) is 0 Å². The lowest BCUT2D eigenvalue weighted by Crippen LogP contribution is -2.43. The van der Waals surface area contributed by atoms with E-state index in [1.165, 1.54) is 0 Å². The third-order valence-corrected chi connectivity index (χ3v) is 2.47. The zero-order valence-corrected chi connectivity index (χ0v) is 11.1. The van der Waals surface area contributed by atoms with E-state index in [0.29, 0.717) is 8.97 Å². The second kappa shape index (κ2) is 4.00. The highest BCUT2D eigenvalue weighted by molar-refractivity contribution is 5.94. The van der Waals surface area contributed by atoms with Crippen molar-refractivity contribution in [3.8, 4) is 0 Å². The fraction of sp³-hybridized carbons (Fsp3) is 0.462. The molecule has 3 nitrogen and oxygen atoms in total. The van der Waals surface area contributed by atoms with Gasteiger partial charge in [-0.2, -0.15) is 0 Å². The molecule has 0 aromatic heterocycles. The fourth-order valence-electron chi connectivity index (χ4n) is 1.60. The third-order valence-electron chi connectivity index (χ3n) is 2.47. The molecule has 0 fully saturated rings. The van der Waals surface area contributed by atoms with Gasteiger partial charge in [-0.25, -0.2) is 4.79 Å². The van der Waals surface area contributed by atoms with E-state index in [2.05, 4.69) is 21.1 Å². The summed E-state index contributed by atoms with van der Waals surface area (Å²) in [7, 11) is 11.9. The van der Waals surface area contributed by atoms with Crippen molar-refractivity contribution in [1.82, 2.24) is 4.48 Å². The predicted octanol–water partition coefficient (Wildman–Crippen LogP) is 1.73. The average Bonchev–Trinajstić information content (AvgIpc) is 2.14. The van der Waals surface area contributed by atoms with E-state index in [0.717, 1.165) is 11.3 Å². The van der Waals surface area contributed by atoms with Gasteiger partial charge in [-0.05, 0) is 6.07 Å². The van der Waals surface area contributed by atoms with E-state index in [-0.39, 0.29) is 5.91 Å². The molecule has 1 amide bonds. The minimum atomic E-state index is 0.142. The quantitative estimate of drug-likeness (QED) is 0.697. The maximum Gasteiger partial charge on any atom is 0.351 e. The molecular formula is C13H22N2O+2. The van der Waals surface area contributed by atoms with Gasteiger partial charge in [0.1, 0.15) is 11.3 Å². The molecule has 0 saturated heterocycles. The monoisotopic (exact) mass is 222 g/mol. The van der Waals surface area contributed by atoms with Gasteiger partial charge >= 0.3 is 5.91 Å². The lowest BCUT2D eigenvalue weighted by atomic mass is 10.1. The molecule has 88 valence electrons. The normalized spacial score (nSPS) is 12.6. The molecular weight excluding hydrogens is 200 g/mol. The summed E-state index contributed by atoms with van der Waals surface area (Å²) in [5.41, 5.74) is 1.86. The number of hydrogen-bond donors (Lipinski definition) is 0. The summed E-state index contributed by atoms with van der Waals surface area (Å²) < 4.78 is 0.971. The summed E-state index contributed by atoms with van der Waals surface area (Å²) in [5.74, 6) is 0.142. The Balaban J connectivity index is 3.31. The Hall–Kier alpha value is -1.19. The standard InChI is InChI=1S/C13H22N2O/c1-14(2,3)12-10-8-7-9-11(12)13(16)15(4,5)6/h7-10H,1-6H3/q+2. The van der Waals surface area contributed by atoms with Crippen LogP contribution < -0.4 is 4.48 Å². The van der Waals surface area contributed by atoms with Gasteiger partial charge in [0.2, 0.25) is 0 Å². The van der Waals surface area contributed by atoms with Crippen LogP contribution in [0.3, 0.4) is 0 Å². The van der Waals surface area contributed by atoms with Gasteiger partial charge in [-0.15, -0.1) is 0 Å². The lowest BCUT2D eigenvalue weighted by molar-refractivity contribution is -0.785. The molecule has 0 aliphatic carbocycles. The second-order valence-corrected chi connectivity index (χ2v) is 5.85. The van der Waals surface area contributed by atoms with Crippen molar-refractivity contribution < 1.29 is 9.28 Å². The first-order valence-electron chi connectivity index (χ1n) is 5.41. The Kier molecular flexibility index (Phi) is 3.22. The number of para-hydroxylation sites is 1. The van der Waals surface area contributed by atoms with Gasteiger partial charge < -0.3 is 0 Å². The highest BCUT2D eigenvalue weighted by Crippen LogP contribution is 2.24. The van der Waals surface area contributed by atoms with E-state index in [1.54, 1.807) is 0 Å². The van der Waals surface area contributed by atoms with Gasteiger partial charge in [-0.3, -0.25) is 8.97 Å². The van der Waals surface area contributed by atoms with Crippen LogP contribution in [0.4, 0.5) is 5.69 Å². The SMILES string of the molecule is C[N+](C)(C)C(=O)c1ccccc1[N+](C)(C)C. The van der Waals surface area contributed by atoms with Gasteiger partial charge in [0.05, 0.1) is 42.3 Å². The lowest BCUT2D eigenvalue weighted by Gasteiger charge is -2.27. The number of quaternary nitrogens is 2. The average molecular weight is 222 g/mol. The first-order valence-corrected chi connectivity index (χ1v) is 5.41. The van der Waals surface area contributed by atoms with E-state index < -0.39 is 0 Å². The maximum atomic E-state index is 12.3. The molecule has 0 aliphatic heterocycles. The summed E-state index contributed by atoms with van der Waals surface area (Å²) in [6.45, 7) is 0. The van der Waals surface area contributed by atoms with E-state index in [9.17, 15) is 4.79 Å². The summed E-state index contributed by atoms with van der Waals surface area (Å²) >= 11 is 0. The summed E-state index contributed by atoms with van der Waals surface area (Å²) in [6.07, 6.45) is 0. The van der Waals surface area contributed by atoms with Crippen LogP contribution in [0.2, 0.25) is 0 Å². The topological polar surface area (TPSA) is 17.1 Å². The van der Waals surface area contributed by atoms with Crippen molar-refractivity contribution in [2.45, 2.75) is 0 Å². The Morgan fingerprint density at radius 2 is 1.44 bits per heavy atom. The molecule has 3 heteroatoms. The van der Waals surface area contributed by atoms with Crippen LogP contribution in [-0.2, 0) is 0 Å². The molecule has 0 N–H and O–H groups in total. The van der Waals surface area contributed by atoms with Crippen LogP contribution >= 0.6 is 0 Å². The number of carbonyl (C=O) groups is 1. The minimum Gasteiger partial charge on any atom is -0.298 e. The van der Waals surface area contributed by atoms with Crippen molar-refractivity contribution in [2.24, 2.45) is 0 Å². The first-order chi connectivity index (χ1) is 7.14. The molecule has 16 heavy (non-hydrogen) atoms. The first kappa shape index (κ1) is 12.9. The number of carbonyl (C=O) groups excluding carboxylic acids is 1. The van der Waals surface area contributed by atoms with Crippen molar-refractivity contribution in [2.75, 3.05) is 42.3 Å². The summed E-state index contributed by atoms with van der Waals surface area (Å²) in [5, 5.41) is 0. The molecule has 0 bridgehead atoms. The van der Waals surface area contributed by atoms with Crippen LogP contribution in [0.5, 0.6) is 0 Å². The van der Waals surface area contributed by atoms with Crippen molar-refractivity contribution >= 4 is 11.6 Å².